The molecular formula is C16H20FN5O. The van der Waals surface area contributed by atoms with Crippen LogP contribution >= 0.6 is 0 Å². The van der Waals surface area contributed by atoms with E-state index < -0.39 is 0 Å². The van der Waals surface area contributed by atoms with Gasteiger partial charge in [0.25, 0.3) is 0 Å². The summed E-state index contributed by atoms with van der Waals surface area (Å²) < 4.78 is 14.7. The first-order chi connectivity index (χ1) is 11.2. The number of benzene rings is 1. The number of rotatable bonds is 6. The number of nitrogens with one attached hydrogen (secondary N) is 1. The van der Waals surface area contributed by atoms with Crippen molar-refractivity contribution in [2.45, 2.75) is 45.1 Å². The fraction of sp³-hybridized carbons (Fsp3) is 0.500. The summed E-state index contributed by atoms with van der Waals surface area (Å²) in [5.74, 6) is 0.818. The third-order valence-corrected chi connectivity index (χ3v) is 4.28. The Labute approximate surface area is 134 Å². The highest BCUT2D eigenvalue weighted by Gasteiger charge is 2.16. The summed E-state index contributed by atoms with van der Waals surface area (Å²) >= 11 is 0. The van der Waals surface area contributed by atoms with Crippen molar-refractivity contribution >= 4 is 5.91 Å². The summed E-state index contributed by atoms with van der Waals surface area (Å²) in [6, 6.07) is 6.02. The summed E-state index contributed by atoms with van der Waals surface area (Å²) in [5.41, 5.74) is 0.533. The second-order valence-corrected chi connectivity index (χ2v) is 5.95. The Balaban J connectivity index is 1.54. The minimum atomic E-state index is -0.357. The second kappa shape index (κ2) is 7.30. The van der Waals surface area contributed by atoms with Gasteiger partial charge in [-0.3, -0.25) is 4.79 Å². The molecule has 0 bridgehead atoms. The van der Waals surface area contributed by atoms with Crippen molar-refractivity contribution in [1.29, 1.82) is 0 Å². The number of carbonyl (C=O) groups is 1. The molecule has 0 aliphatic heterocycles. The number of amides is 1. The molecule has 1 fully saturated rings. The maximum Gasteiger partial charge on any atom is 0.220 e. The monoisotopic (exact) mass is 317 g/mol. The number of hydrogen-bond donors (Lipinski definition) is 1. The Kier molecular flexibility index (Phi) is 4.95. The molecule has 6 nitrogen and oxygen atoms in total. The SMILES string of the molecule is O=C(CCC1CCCC1)NCc1nnnn1-c1cccc(F)c1. The third kappa shape index (κ3) is 4.12. The van der Waals surface area contributed by atoms with Gasteiger partial charge in [0.1, 0.15) is 5.82 Å². The van der Waals surface area contributed by atoms with Gasteiger partial charge in [-0.05, 0) is 41.0 Å². The van der Waals surface area contributed by atoms with E-state index in [-0.39, 0.29) is 18.3 Å². The molecule has 1 aliphatic rings. The van der Waals surface area contributed by atoms with Crippen LogP contribution in [-0.4, -0.2) is 26.1 Å². The van der Waals surface area contributed by atoms with Crippen LogP contribution in [0.3, 0.4) is 0 Å². The molecule has 1 aromatic heterocycles. The molecule has 0 atom stereocenters. The predicted octanol–water partition coefficient (Wildman–Crippen LogP) is 2.39. The second-order valence-electron chi connectivity index (χ2n) is 5.95. The van der Waals surface area contributed by atoms with E-state index in [4.69, 9.17) is 0 Å². The molecule has 1 heterocycles. The molecule has 0 saturated heterocycles. The molecule has 1 aromatic carbocycles. The largest absolute Gasteiger partial charge is 0.349 e. The van der Waals surface area contributed by atoms with E-state index in [1.54, 1.807) is 12.1 Å². The highest BCUT2D eigenvalue weighted by Crippen LogP contribution is 2.28. The van der Waals surface area contributed by atoms with Crippen LogP contribution in [0.1, 0.15) is 44.3 Å². The molecule has 1 N–H and O–H groups in total. The first-order valence-corrected chi connectivity index (χ1v) is 8.02. The van der Waals surface area contributed by atoms with E-state index in [1.165, 1.54) is 42.5 Å². The zero-order chi connectivity index (χ0) is 16.1. The van der Waals surface area contributed by atoms with Gasteiger partial charge < -0.3 is 5.32 Å². The fourth-order valence-corrected chi connectivity index (χ4v) is 3.02. The number of tetrazole rings is 1. The summed E-state index contributed by atoms with van der Waals surface area (Å²) in [4.78, 5) is 11.9. The van der Waals surface area contributed by atoms with Crippen LogP contribution in [-0.2, 0) is 11.3 Å². The van der Waals surface area contributed by atoms with Gasteiger partial charge in [-0.2, -0.15) is 4.68 Å². The van der Waals surface area contributed by atoms with Crippen molar-refractivity contribution in [1.82, 2.24) is 25.5 Å². The minimum absolute atomic E-state index is 0.00527. The Morgan fingerprint density at radius 3 is 2.96 bits per heavy atom. The zero-order valence-corrected chi connectivity index (χ0v) is 12.9. The summed E-state index contributed by atoms with van der Waals surface area (Å²) in [6.45, 7) is 0.229. The number of hydrogen-bond acceptors (Lipinski definition) is 4. The Morgan fingerprint density at radius 1 is 1.35 bits per heavy atom. The van der Waals surface area contributed by atoms with Crippen molar-refractivity contribution < 1.29 is 9.18 Å². The molecule has 3 rings (SSSR count). The lowest BCUT2D eigenvalue weighted by Gasteiger charge is -2.09. The summed E-state index contributed by atoms with van der Waals surface area (Å²) in [6.07, 6.45) is 6.53. The molecule has 1 aliphatic carbocycles. The predicted molar refractivity (Wildman–Crippen MR) is 82.2 cm³/mol. The van der Waals surface area contributed by atoms with E-state index in [1.807, 2.05) is 0 Å². The topological polar surface area (TPSA) is 72.7 Å². The van der Waals surface area contributed by atoms with Gasteiger partial charge in [-0.15, -0.1) is 5.10 Å². The number of carbonyl (C=O) groups excluding carboxylic acids is 1. The lowest BCUT2D eigenvalue weighted by Crippen LogP contribution is -2.25. The Bertz CT molecular complexity index is 666. The van der Waals surface area contributed by atoms with Crippen LogP contribution in [0.4, 0.5) is 4.39 Å². The average molecular weight is 317 g/mol. The van der Waals surface area contributed by atoms with E-state index in [0.717, 1.165) is 6.42 Å². The van der Waals surface area contributed by atoms with Gasteiger partial charge in [0, 0.05) is 6.42 Å². The van der Waals surface area contributed by atoms with E-state index >= 15 is 0 Å². The van der Waals surface area contributed by atoms with E-state index in [9.17, 15) is 9.18 Å². The van der Waals surface area contributed by atoms with Crippen LogP contribution in [0.25, 0.3) is 5.69 Å². The molecule has 7 heteroatoms. The smallest absolute Gasteiger partial charge is 0.220 e. The van der Waals surface area contributed by atoms with Gasteiger partial charge in [0.05, 0.1) is 12.2 Å². The number of nitrogens with zero attached hydrogens (tertiary/aromatic N) is 4. The van der Waals surface area contributed by atoms with Crippen molar-refractivity contribution in [3.05, 3.63) is 35.9 Å². The molecule has 1 amide bonds. The van der Waals surface area contributed by atoms with Crippen molar-refractivity contribution in [2.24, 2.45) is 5.92 Å². The van der Waals surface area contributed by atoms with Crippen LogP contribution in [0.15, 0.2) is 24.3 Å². The zero-order valence-electron chi connectivity index (χ0n) is 12.9. The third-order valence-electron chi connectivity index (χ3n) is 4.28. The van der Waals surface area contributed by atoms with Crippen LogP contribution in [0, 0.1) is 11.7 Å². The van der Waals surface area contributed by atoms with Crippen molar-refractivity contribution in [2.75, 3.05) is 0 Å². The Hall–Kier alpha value is -2.31. The molecule has 0 radical (unpaired) electrons. The minimum Gasteiger partial charge on any atom is -0.349 e. The van der Waals surface area contributed by atoms with Gasteiger partial charge >= 0.3 is 0 Å². The number of halogens is 1. The molecule has 122 valence electrons. The maximum absolute atomic E-state index is 13.3. The first kappa shape index (κ1) is 15.6. The first-order valence-electron chi connectivity index (χ1n) is 8.02. The molecule has 1 saturated carbocycles. The normalized spacial score (nSPS) is 15.0. The van der Waals surface area contributed by atoms with Crippen LogP contribution in [0.2, 0.25) is 0 Å². The van der Waals surface area contributed by atoms with Gasteiger partial charge in [-0.25, -0.2) is 4.39 Å². The standard InChI is InChI=1S/C16H20FN5O/c17-13-6-3-7-14(10-13)22-15(19-20-21-22)11-18-16(23)9-8-12-4-1-2-5-12/h3,6-7,10,12H,1-2,4-5,8-9,11H2,(H,18,23). The van der Waals surface area contributed by atoms with Crippen LogP contribution in [0.5, 0.6) is 0 Å². The van der Waals surface area contributed by atoms with Gasteiger partial charge in [0.15, 0.2) is 5.82 Å². The Morgan fingerprint density at radius 2 is 2.17 bits per heavy atom. The van der Waals surface area contributed by atoms with E-state index in [0.29, 0.717) is 23.9 Å². The number of aromatic nitrogens is 4. The lowest BCUT2D eigenvalue weighted by molar-refractivity contribution is -0.121. The summed E-state index contributed by atoms with van der Waals surface area (Å²) in [7, 11) is 0. The van der Waals surface area contributed by atoms with Gasteiger partial charge in [-0.1, -0.05) is 31.7 Å². The fourth-order valence-electron chi connectivity index (χ4n) is 3.02. The molecule has 0 spiro atoms. The maximum atomic E-state index is 13.3. The quantitative estimate of drug-likeness (QED) is 0.888. The molecule has 0 unspecified atom stereocenters. The molecular weight excluding hydrogens is 297 g/mol. The lowest BCUT2D eigenvalue weighted by atomic mass is 10.0. The average Bonchev–Trinajstić information content (AvgIpc) is 3.22. The van der Waals surface area contributed by atoms with Crippen molar-refractivity contribution in [3.8, 4) is 5.69 Å². The van der Waals surface area contributed by atoms with Crippen LogP contribution < -0.4 is 5.32 Å². The van der Waals surface area contributed by atoms with Gasteiger partial charge in [0.2, 0.25) is 5.91 Å². The van der Waals surface area contributed by atoms with E-state index in [2.05, 4.69) is 20.8 Å². The van der Waals surface area contributed by atoms with Crippen molar-refractivity contribution in [3.63, 3.8) is 0 Å². The highest BCUT2D eigenvalue weighted by molar-refractivity contribution is 5.75. The molecule has 2 aromatic rings. The highest BCUT2D eigenvalue weighted by atomic mass is 19.1. The molecule has 23 heavy (non-hydrogen) atoms. The summed E-state index contributed by atoms with van der Waals surface area (Å²) in [5, 5.41) is 14.2.